The molecule has 198 valence electrons. The summed E-state index contributed by atoms with van der Waals surface area (Å²) in [5.41, 5.74) is -0.906. The van der Waals surface area contributed by atoms with E-state index in [9.17, 15) is 24.1 Å². The van der Waals surface area contributed by atoms with Gasteiger partial charge in [0, 0.05) is 23.6 Å². The maximum Gasteiger partial charge on any atom is 0.459 e. The average molecular weight is 533 g/mol. The quantitative estimate of drug-likeness (QED) is 0.274. The van der Waals surface area contributed by atoms with Crippen LogP contribution in [0.5, 0.6) is 5.75 Å². The van der Waals surface area contributed by atoms with Crippen LogP contribution < -0.4 is 20.9 Å². The average Bonchev–Trinajstić information content (AvgIpc) is 3.24. The van der Waals surface area contributed by atoms with E-state index in [1.807, 2.05) is 18.2 Å². The Hall–Kier alpha value is -3.28. The van der Waals surface area contributed by atoms with Gasteiger partial charge in [0.1, 0.15) is 24.1 Å². The van der Waals surface area contributed by atoms with Crippen molar-refractivity contribution >= 4 is 24.5 Å². The number of H-pyrrole nitrogens is 1. The van der Waals surface area contributed by atoms with E-state index in [0.717, 1.165) is 5.39 Å². The Kier molecular flexibility index (Phi) is 7.96. The highest BCUT2D eigenvalue weighted by Crippen LogP contribution is 2.47. The molecule has 0 saturated carbocycles. The molecule has 4 rings (SSSR count). The van der Waals surface area contributed by atoms with E-state index >= 15 is 0 Å². The minimum absolute atomic E-state index is 0.0277. The molecular formula is C24H28N3O9P. The molecule has 13 heteroatoms. The van der Waals surface area contributed by atoms with Crippen LogP contribution in [0.15, 0.2) is 58.3 Å². The smallest absolute Gasteiger partial charge is 0.459 e. The molecule has 1 saturated heterocycles. The van der Waals surface area contributed by atoms with E-state index in [4.69, 9.17) is 18.5 Å². The van der Waals surface area contributed by atoms with Gasteiger partial charge in [0.25, 0.3) is 5.56 Å². The number of hydrogen-bond acceptors (Lipinski definition) is 9. The van der Waals surface area contributed by atoms with Crippen LogP contribution in [0.1, 0.15) is 25.1 Å². The standard InChI is InChI=1S/C24H28N3O9P/c1-14-12-27(24(31)25-22(14)29)21-11-18(28)20(35-21)13-34-37(32,26-15(2)23(30)33-3)36-19-10-6-8-16-7-4-5-9-17(16)19/h4-10,12,15,18,20-21,28H,11,13H2,1-3H3,(H,26,32)(H,25,29,31)/t15-,18+,20+,21+,37?/m0/s1. The normalized spacial score (nSPS) is 21.9. The highest BCUT2D eigenvalue weighted by molar-refractivity contribution is 7.52. The molecule has 1 aromatic heterocycles. The first kappa shape index (κ1) is 26.8. The van der Waals surface area contributed by atoms with Gasteiger partial charge in [-0.3, -0.25) is 23.7 Å². The SMILES string of the molecule is COC(=O)[C@H](C)NP(=O)(OC[C@H]1O[C@@H](n2cc(C)c(=O)[nH]c2=O)C[C@H]1O)Oc1cccc2ccccc12. The number of carbonyl (C=O) groups is 1. The number of rotatable bonds is 9. The number of aliphatic hydroxyl groups is 1. The fraction of sp³-hybridized carbons (Fsp3) is 0.375. The lowest BCUT2D eigenvalue weighted by Gasteiger charge is -2.25. The molecule has 37 heavy (non-hydrogen) atoms. The lowest BCUT2D eigenvalue weighted by Crippen LogP contribution is -2.36. The number of aryl methyl sites for hydroxylation is 1. The number of nitrogens with one attached hydrogen (secondary N) is 2. The number of nitrogens with zero attached hydrogens (tertiary/aromatic N) is 1. The van der Waals surface area contributed by atoms with Crippen LogP contribution in [-0.4, -0.2) is 52.6 Å². The van der Waals surface area contributed by atoms with Crippen LogP contribution in [-0.2, 0) is 23.4 Å². The molecule has 1 unspecified atom stereocenters. The number of hydrogen-bond donors (Lipinski definition) is 3. The molecule has 1 aliphatic rings. The molecular weight excluding hydrogens is 505 g/mol. The van der Waals surface area contributed by atoms with Gasteiger partial charge in [0.2, 0.25) is 0 Å². The number of carbonyl (C=O) groups excluding carboxylic acids is 1. The summed E-state index contributed by atoms with van der Waals surface area (Å²) in [6.07, 6.45) is -1.57. The van der Waals surface area contributed by atoms with Crippen molar-refractivity contribution in [2.24, 2.45) is 0 Å². The molecule has 3 N–H and O–H groups in total. The molecule has 2 aromatic carbocycles. The third kappa shape index (κ3) is 6.00. The molecule has 0 spiro atoms. The van der Waals surface area contributed by atoms with E-state index in [0.29, 0.717) is 10.9 Å². The van der Waals surface area contributed by atoms with E-state index < -0.39 is 56.0 Å². The number of esters is 1. The van der Waals surface area contributed by atoms with Crippen LogP contribution in [0, 0.1) is 6.92 Å². The summed E-state index contributed by atoms with van der Waals surface area (Å²) in [5.74, 6) is -0.428. The van der Waals surface area contributed by atoms with Gasteiger partial charge in [-0.1, -0.05) is 36.4 Å². The molecule has 1 fully saturated rings. The van der Waals surface area contributed by atoms with Crippen molar-refractivity contribution in [2.75, 3.05) is 13.7 Å². The van der Waals surface area contributed by atoms with Gasteiger partial charge in [-0.2, -0.15) is 5.09 Å². The summed E-state index contributed by atoms with van der Waals surface area (Å²) >= 11 is 0. The first-order chi connectivity index (χ1) is 17.6. The largest absolute Gasteiger partial charge is 0.468 e. The van der Waals surface area contributed by atoms with Crippen LogP contribution in [0.2, 0.25) is 0 Å². The zero-order valence-corrected chi connectivity index (χ0v) is 21.3. The fourth-order valence-electron chi connectivity index (χ4n) is 3.97. The predicted molar refractivity (Wildman–Crippen MR) is 133 cm³/mol. The molecule has 1 aliphatic heterocycles. The lowest BCUT2D eigenvalue weighted by atomic mass is 10.1. The Morgan fingerprint density at radius 2 is 2.00 bits per heavy atom. The Morgan fingerprint density at radius 3 is 2.76 bits per heavy atom. The Labute approximate surface area is 211 Å². The van der Waals surface area contributed by atoms with Crippen molar-refractivity contribution in [1.82, 2.24) is 14.6 Å². The minimum atomic E-state index is -4.22. The van der Waals surface area contributed by atoms with Gasteiger partial charge in [-0.25, -0.2) is 9.36 Å². The minimum Gasteiger partial charge on any atom is -0.468 e. The number of aromatic amines is 1. The summed E-state index contributed by atoms with van der Waals surface area (Å²) in [4.78, 5) is 38.1. The topological polar surface area (TPSA) is 158 Å². The number of fused-ring (bicyclic) bond motifs is 1. The summed E-state index contributed by atoms with van der Waals surface area (Å²) in [6, 6.07) is 11.5. The Balaban J connectivity index is 1.55. The molecule has 3 aromatic rings. The monoisotopic (exact) mass is 533 g/mol. The fourth-order valence-corrected chi connectivity index (χ4v) is 5.49. The van der Waals surface area contributed by atoms with Crippen LogP contribution in [0.4, 0.5) is 0 Å². The van der Waals surface area contributed by atoms with E-state index in [1.54, 1.807) is 24.3 Å². The van der Waals surface area contributed by atoms with Crippen molar-refractivity contribution < 1.29 is 33.0 Å². The van der Waals surface area contributed by atoms with Gasteiger partial charge in [-0.15, -0.1) is 0 Å². The second kappa shape index (κ2) is 11.0. The number of aliphatic hydroxyl groups excluding tert-OH is 1. The highest BCUT2D eigenvalue weighted by Gasteiger charge is 2.39. The Bertz CT molecular complexity index is 1450. The summed E-state index contributed by atoms with van der Waals surface area (Å²) in [5, 5.41) is 14.6. The summed E-state index contributed by atoms with van der Waals surface area (Å²) < 4.78 is 36.9. The molecule has 12 nitrogen and oxygen atoms in total. The number of benzene rings is 2. The van der Waals surface area contributed by atoms with E-state index in [-0.39, 0.29) is 12.2 Å². The van der Waals surface area contributed by atoms with Crippen LogP contribution in [0.3, 0.4) is 0 Å². The number of aromatic nitrogens is 2. The molecule has 0 bridgehead atoms. The van der Waals surface area contributed by atoms with Crippen molar-refractivity contribution in [3.05, 3.63) is 75.1 Å². The van der Waals surface area contributed by atoms with Gasteiger partial charge in [0.05, 0.1) is 19.8 Å². The zero-order valence-electron chi connectivity index (χ0n) is 20.5. The van der Waals surface area contributed by atoms with Crippen LogP contribution >= 0.6 is 7.75 Å². The van der Waals surface area contributed by atoms with Gasteiger partial charge in [-0.05, 0) is 25.3 Å². The number of methoxy groups -OCH3 is 1. The molecule has 0 amide bonds. The first-order valence-electron chi connectivity index (χ1n) is 11.5. The predicted octanol–water partition coefficient (Wildman–Crippen LogP) is 2.00. The van der Waals surface area contributed by atoms with Gasteiger partial charge >= 0.3 is 19.4 Å². The first-order valence-corrected chi connectivity index (χ1v) is 13.1. The molecule has 2 heterocycles. The van der Waals surface area contributed by atoms with Crippen LogP contribution in [0.25, 0.3) is 10.8 Å². The van der Waals surface area contributed by atoms with Crippen molar-refractivity contribution in [1.29, 1.82) is 0 Å². The third-order valence-corrected chi connectivity index (χ3v) is 7.57. The summed E-state index contributed by atoms with van der Waals surface area (Å²) in [7, 11) is -3.03. The van der Waals surface area contributed by atoms with Gasteiger partial charge < -0.3 is 19.1 Å². The van der Waals surface area contributed by atoms with Crippen molar-refractivity contribution in [2.45, 2.75) is 44.7 Å². The molecule has 0 radical (unpaired) electrons. The number of ether oxygens (including phenoxy) is 2. The highest BCUT2D eigenvalue weighted by atomic mass is 31.2. The second-order valence-electron chi connectivity index (χ2n) is 8.65. The molecule has 0 aliphatic carbocycles. The van der Waals surface area contributed by atoms with E-state index in [1.165, 1.54) is 31.7 Å². The van der Waals surface area contributed by atoms with Crippen molar-refractivity contribution in [3.63, 3.8) is 0 Å². The Morgan fingerprint density at radius 1 is 1.27 bits per heavy atom. The molecule has 5 atom stereocenters. The van der Waals surface area contributed by atoms with E-state index in [2.05, 4.69) is 10.1 Å². The van der Waals surface area contributed by atoms with Gasteiger partial charge in [0.15, 0.2) is 0 Å². The zero-order chi connectivity index (χ0) is 26.7. The lowest BCUT2D eigenvalue weighted by molar-refractivity contribution is -0.142. The van der Waals surface area contributed by atoms with Crippen molar-refractivity contribution in [3.8, 4) is 5.75 Å². The maximum absolute atomic E-state index is 13.8. The third-order valence-electron chi connectivity index (χ3n) is 5.94. The summed E-state index contributed by atoms with van der Waals surface area (Å²) in [6.45, 7) is 2.59. The second-order valence-corrected chi connectivity index (χ2v) is 10.3. The maximum atomic E-state index is 13.8.